The van der Waals surface area contributed by atoms with Gasteiger partial charge in [0.25, 0.3) is 0 Å². The summed E-state index contributed by atoms with van der Waals surface area (Å²) in [5.41, 5.74) is 0.593. The Morgan fingerprint density at radius 2 is 2.23 bits per heavy atom. The summed E-state index contributed by atoms with van der Waals surface area (Å²) in [6.45, 7) is -1.29. The maximum atomic E-state index is 12.1. The number of β-amino-alcohol motifs (C(OH)–C–C–N with tert-alkyl or cyclic N) is 1. The number of hydrogen-bond donors (Lipinski definition) is 3. The SMILES string of the molecule is Cl.O=C(Cc1cccc(OC(F)F)c1)NCC1CNCC1O. The molecule has 8 heteroatoms. The Morgan fingerprint density at radius 3 is 2.86 bits per heavy atom. The van der Waals surface area contributed by atoms with Gasteiger partial charge in [-0.15, -0.1) is 12.4 Å². The fraction of sp³-hybridized carbons (Fsp3) is 0.500. The lowest BCUT2D eigenvalue weighted by Gasteiger charge is -2.14. The summed E-state index contributed by atoms with van der Waals surface area (Å²) in [6, 6.07) is 6.06. The first kappa shape index (κ1) is 18.6. The number of nitrogens with one attached hydrogen (secondary N) is 2. The van der Waals surface area contributed by atoms with Gasteiger partial charge in [0.1, 0.15) is 5.75 Å². The van der Waals surface area contributed by atoms with Crippen LogP contribution in [-0.4, -0.2) is 43.4 Å². The number of aliphatic hydroxyl groups excluding tert-OH is 1. The van der Waals surface area contributed by atoms with E-state index in [-0.39, 0.29) is 36.4 Å². The minimum absolute atomic E-state index is 0. The highest BCUT2D eigenvalue weighted by molar-refractivity contribution is 5.85. The van der Waals surface area contributed by atoms with Gasteiger partial charge in [-0.2, -0.15) is 8.78 Å². The second kappa shape index (κ2) is 8.87. The molecule has 1 heterocycles. The molecule has 2 rings (SSSR count). The summed E-state index contributed by atoms with van der Waals surface area (Å²) >= 11 is 0. The van der Waals surface area contributed by atoms with E-state index >= 15 is 0 Å². The number of rotatable bonds is 6. The zero-order chi connectivity index (χ0) is 15.2. The van der Waals surface area contributed by atoms with Crippen molar-refractivity contribution in [2.75, 3.05) is 19.6 Å². The first-order chi connectivity index (χ1) is 10.0. The third-order valence-corrected chi connectivity index (χ3v) is 3.35. The number of carbonyl (C=O) groups excluding carboxylic acids is 1. The smallest absolute Gasteiger partial charge is 0.387 e. The molecule has 0 bridgehead atoms. The van der Waals surface area contributed by atoms with Gasteiger partial charge in [0.05, 0.1) is 12.5 Å². The Hall–Kier alpha value is -1.44. The standard InChI is InChI=1S/C14H18F2N2O3.ClH/c15-14(16)21-11-3-1-2-9(4-11)5-13(20)18-7-10-6-17-8-12(10)19;/h1-4,10,12,14,17,19H,5-8H2,(H,18,20);1H. The van der Waals surface area contributed by atoms with Gasteiger partial charge in [0.2, 0.25) is 5.91 Å². The van der Waals surface area contributed by atoms with Crippen LogP contribution >= 0.6 is 12.4 Å². The monoisotopic (exact) mass is 336 g/mol. The first-order valence-electron chi connectivity index (χ1n) is 6.74. The maximum absolute atomic E-state index is 12.1. The predicted molar refractivity (Wildman–Crippen MR) is 79.4 cm³/mol. The van der Waals surface area contributed by atoms with Crippen molar-refractivity contribution in [1.82, 2.24) is 10.6 Å². The topological polar surface area (TPSA) is 70.6 Å². The van der Waals surface area contributed by atoms with Gasteiger partial charge in [-0.3, -0.25) is 4.79 Å². The summed E-state index contributed by atoms with van der Waals surface area (Å²) in [4.78, 5) is 11.8. The van der Waals surface area contributed by atoms with Crippen LogP contribution in [0.1, 0.15) is 5.56 Å². The highest BCUT2D eigenvalue weighted by atomic mass is 35.5. The Labute approximate surface area is 133 Å². The lowest BCUT2D eigenvalue weighted by molar-refractivity contribution is -0.120. The average molecular weight is 337 g/mol. The van der Waals surface area contributed by atoms with Crippen LogP contribution in [-0.2, 0) is 11.2 Å². The molecular weight excluding hydrogens is 318 g/mol. The van der Waals surface area contributed by atoms with Gasteiger partial charge in [-0.25, -0.2) is 0 Å². The number of aliphatic hydroxyl groups is 1. The van der Waals surface area contributed by atoms with Crippen LogP contribution in [0.3, 0.4) is 0 Å². The van der Waals surface area contributed by atoms with Gasteiger partial charge in [0, 0.05) is 25.6 Å². The van der Waals surface area contributed by atoms with Crippen LogP contribution in [0.2, 0.25) is 0 Å². The third kappa shape index (κ3) is 5.75. The number of alkyl halides is 2. The Morgan fingerprint density at radius 1 is 1.45 bits per heavy atom. The quantitative estimate of drug-likeness (QED) is 0.723. The zero-order valence-corrected chi connectivity index (χ0v) is 12.6. The van der Waals surface area contributed by atoms with Crippen LogP contribution in [0, 0.1) is 5.92 Å². The van der Waals surface area contributed by atoms with Crippen molar-refractivity contribution >= 4 is 18.3 Å². The van der Waals surface area contributed by atoms with Crippen molar-refractivity contribution < 1.29 is 23.4 Å². The van der Waals surface area contributed by atoms with Gasteiger partial charge >= 0.3 is 6.61 Å². The molecule has 1 aliphatic rings. The second-order valence-electron chi connectivity index (χ2n) is 4.99. The number of carbonyl (C=O) groups is 1. The van der Waals surface area contributed by atoms with E-state index in [2.05, 4.69) is 15.4 Å². The molecule has 2 unspecified atom stereocenters. The molecule has 3 N–H and O–H groups in total. The maximum Gasteiger partial charge on any atom is 0.387 e. The molecule has 1 aromatic rings. The molecule has 5 nitrogen and oxygen atoms in total. The zero-order valence-electron chi connectivity index (χ0n) is 11.8. The van der Waals surface area contributed by atoms with Gasteiger partial charge in [-0.05, 0) is 17.7 Å². The minimum atomic E-state index is -2.88. The summed E-state index contributed by atoms with van der Waals surface area (Å²) in [6.07, 6.45) is -0.371. The Kier molecular flexibility index (Phi) is 7.50. The molecule has 1 amide bonds. The number of ether oxygens (including phenoxy) is 1. The largest absolute Gasteiger partial charge is 0.435 e. The molecule has 0 spiro atoms. The van der Waals surface area contributed by atoms with Crippen LogP contribution in [0.4, 0.5) is 8.78 Å². The fourth-order valence-corrected chi connectivity index (χ4v) is 2.25. The van der Waals surface area contributed by atoms with E-state index < -0.39 is 12.7 Å². The molecular formula is C14H19ClF2N2O3. The molecule has 1 saturated heterocycles. The molecule has 0 aliphatic carbocycles. The highest BCUT2D eigenvalue weighted by Gasteiger charge is 2.24. The number of benzene rings is 1. The molecule has 0 aromatic heterocycles. The van der Waals surface area contributed by atoms with Crippen LogP contribution in [0.5, 0.6) is 5.75 Å². The fourth-order valence-electron chi connectivity index (χ4n) is 2.25. The van der Waals surface area contributed by atoms with Crippen molar-refractivity contribution in [2.24, 2.45) is 5.92 Å². The summed E-state index contributed by atoms with van der Waals surface area (Å²) < 4.78 is 28.5. The van der Waals surface area contributed by atoms with Crippen LogP contribution in [0.15, 0.2) is 24.3 Å². The van der Waals surface area contributed by atoms with Gasteiger partial charge in [0.15, 0.2) is 0 Å². The summed E-state index contributed by atoms with van der Waals surface area (Å²) in [5, 5.41) is 15.4. The Bertz CT molecular complexity index is 491. The van der Waals surface area contributed by atoms with Crippen LogP contribution in [0.25, 0.3) is 0 Å². The number of halogens is 3. The molecule has 22 heavy (non-hydrogen) atoms. The van der Waals surface area contributed by atoms with Crippen molar-refractivity contribution in [3.8, 4) is 5.75 Å². The molecule has 124 valence electrons. The second-order valence-corrected chi connectivity index (χ2v) is 4.99. The molecule has 1 aliphatic heterocycles. The van der Waals surface area contributed by atoms with Crippen molar-refractivity contribution in [3.63, 3.8) is 0 Å². The summed E-state index contributed by atoms with van der Waals surface area (Å²) in [5.74, 6) is -0.184. The van der Waals surface area contributed by atoms with Crippen LogP contribution < -0.4 is 15.4 Å². The van der Waals surface area contributed by atoms with E-state index in [1.54, 1.807) is 12.1 Å². The molecule has 0 saturated carbocycles. The molecule has 0 radical (unpaired) electrons. The third-order valence-electron chi connectivity index (χ3n) is 3.35. The lowest BCUT2D eigenvalue weighted by Crippen LogP contribution is -2.35. The van der Waals surface area contributed by atoms with E-state index in [0.717, 1.165) is 0 Å². The highest BCUT2D eigenvalue weighted by Crippen LogP contribution is 2.16. The average Bonchev–Trinajstić information content (AvgIpc) is 2.81. The minimum Gasteiger partial charge on any atom is -0.435 e. The molecule has 1 aromatic carbocycles. The lowest BCUT2D eigenvalue weighted by atomic mass is 10.1. The van der Waals surface area contributed by atoms with E-state index in [0.29, 0.717) is 25.2 Å². The van der Waals surface area contributed by atoms with Crippen molar-refractivity contribution in [1.29, 1.82) is 0 Å². The number of amides is 1. The van der Waals surface area contributed by atoms with Gasteiger partial charge < -0.3 is 20.5 Å². The van der Waals surface area contributed by atoms with E-state index in [9.17, 15) is 18.7 Å². The first-order valence-corrected chi connectivity index (χ1v) is 6.74. The Balaban J connectivity index is 0.00000242. The van der Waals surface area contributed by atoms with E-state index in [1.165, 1.54) is 12.1 Å². The van der Waals surface area contributed by atoms with Gasteiger partial charge in [-0.1, -0.05) is 12.1 Å². The van der Waals surface area contributed by atoms with E-state index in [4.69, 9.17) is 0 Å². The van der Waals surface area contributed by atoms with Crippen molar-refractivity contribution in [3.05, 3.63) is 29.8 Å². The molecule has 2 atom stereocenters. The molecule has 1 fully saturated rings. The number of hydrogen-bond acceptors (Lipinski definition) is 4. The predicted octanol–water partition coefficient (Wildman–Crippen LogP) is 0.949. The normalized spacial score (nSPS) is 20.5. The summed E-state index contributed by atoms with van der Waals surface area (Å²) in [7, 11) is 0. The van der Waals surface area contributed by atoms with Crippen molar-refractivity contribution in [2.45, 2.75) is 19.1 Å². The van der Waals surface area contributed by atoms with E-state index in [1.807, 2.05) is 0 Å².